The highest BCUT2D eigenvalue weighted by molar-refractivity contribution is 7.80. The maximum absolute atomic E-state index is 9.33. The molecule has 0 unspecified atom stereocenters. The molecule has 2 aromatic rings. The van der Waals surface area contributed by atoms with Crippen LogP contribution in [0.15, 0.2) is 42.7 Å². The predicted octanol–water partition coefficient (Wildman–Crippen LogP) is 3.35. The molecule has 3 heterocycles. The first kappa shape index (κ1) is 17.5. The Morgan fingerprint density at radius 3 is 2.77 bits per heavy atom. The highest BCUT2D eigenvalue weighted by Crippen LogP contribution is 2.41. The monoisotopic (exact) mass is 370 g/mol. The first-order valence-electron chi connectivity index (χ1n) is 9.55. The molecule has 2 N–H and O–H groups in total. The highest BCUT2D eigenvalue weighted by atomic mass is 32.1. The molecule has 0 radical (unpaired) electrons. The fourth-order valence-corrected chi connectivity index (χ4v) is 4.71. The standard InChI is InChI=1S/C20H26N4OS/c25-14-6-13-24-19(17-10-5-12-23(17)15-7-1-2-8-15)18(22-20(24)26)16-9-3-4-11-21-16/h3-5,9-12,15,18-19,25H,1-2,6-8,13-14H2,(H,22,26)/t18-,19-/m0/s1. The molecule has 2 aromatic heterocycles. The van der Waals surface area contributed by atoms with Crippen molar-refractivity contribution in [1.29, 1.82) is 0 Å². The first-order chi connectivity index (χ1) is 12.8. The van der Waals surface area contributed by atoms with Crippen LogP contribution in [-0.2, 0) is 0 Å². The average molecular weight is 371 g/mol. The molecule has 2 fully saturated rings. The number of rotatable bonds is 6. The van der Waals surface area contributed by atoms with Crippen LogP contribution in [-0.4, -0.2) is 37.8 Å². The average Bonchev–Trinajstić information content (AvgIpc) is 3.40. The molecule has 2 aliphatic rings. The lowest BCUT2D eigenvalue weighted by Crippen LogP contribution is -2.32. The summed E-state index contributed by atoms with van der Waals surface area (Å²) in [5.41, 5.74) is 2.29. The van der Waals surface area contributed by atoms with Crippen molar-refractivity contribution in [1.82, 2.24) is 19.8 Å². The van der Waals surface area contributed by atoms with E-state index in [0.717, 1.165) is 17.4 Å². The summed E-state index contributed by atoms with van der Waals surface area (Å²) in [6.07, 6.45) is 9.87. The van der Waals surface area contributed by atoms with E-state index in [1.54, 1.807) is 0 Å². The lowest BCUT2D eigenvalue weighted by molar-refractivity contribution is 0.241. The Morgan fingerprint density at radius 1 is 1.19 bits per heavy atom. The minimum absolute atomic E-state index is 0.0254. The zero-order chi connectivity index (χ0) is 17.9. The van der Waals surface area contributed by atoms with Gasteiger partial charge in [-0.05, 0) is 55.7 Å². The molecule has 2 atom stereocenters. The van der Waals surface area contributed by atoms with Gasteiger partial charge in [-0.3, -0.25) is 4.98 Å². The number of hydrogen-bond acceptors (Lipinski definition) is 3. The molecular weight excluding hydrogens is 344 g/mol. The van der Waals surface area contributed by atoms with Crippen molar-refractivity contribution >= 4 is 17.3 Å². The Labute approximate surface area is 160 Å². The van der Waals surface area contributed by atoms with Crippen molar-refractivity contribution in [3.8, 4) is 0 Å². The molecule has 0 aromatic carbocycles. The van der Waals surface area contributed by atoms with Crippen molar-refractivity contribution < 1.29 is 5.11 Å². The molecule has 4 rings (SSSR count). The molecule has 1 saturated heterocycles. The Kier molecular flexibility index (Phi) is 5.22. The lowest BCUT2D eigenvalue weighted by atomic mass is 10.0. The van der Waals surface area contributed by atoms with Crippen molar-refractivity contribution in [2.24, 2.45) is 0 Å². The van der Waals surface area contributed by atoms with E-state index in [2.05, 4.69) is 44.2 Å². The fraction of sp³-hybridized carbons (Fsp3) is 0.500. The highest BCUT2D eigenvalue weighted by Gasteiger charge is 2.41. The Morgan fingerprint density at radius 2 is 2.04 bits per heavy atom. The summed E-state index contributed by atoms with van der Waals surface area (Å²) < 4.78 is 2.45. The Hall–Kier alpha value is -1.92. The van der Waals surface area contributed by atoms with Crippen LogP contribution >= 0.6 is 12.2 Å². The molecule has 26 heavy (non-hydrogen) atoms. The van der Waals surface area contributed by atoms with E-state index in [9.17, 15) is 5.11 Å². The van der Waals surface area contributed by atoms with E-state index < -0.39 is 0 Å². The third-order valence-electron chi connectivity index (χ3n) is 5.59. The van der Waals surface area contributed by atoms with Crippen molar-refractivity contribution in [2.75, 3.05) is 13.2 Å². The van der Waals surface area contributed by atoms with Crippen LogP contribution in [0.5, 0.6) is 0 Å². The minimum atomic E-state index is 0.0254. The summed E-state index contributed by atoms with van der Waals surface area (Å²) in [5, 5.41) is 13.6. The second kappa shape index (κ2) is 7.76. The van der Waals surface area contributed by atoms with Gasteiger partial charge < -0.3 is 19.9 Å². The van der Waals surface area contributed by atoms with Crippen LogP contribution in [0.4, 0.5) is 0 Å². The van der Waals surface area contributed by atoms with Gasteiger partial charge in [0.25, 0.3) is 0 Å². The molecule has 0 bridgehead atoms. The van der Waals surface area contributed by atoms with E-state index in [1.165, 1.54) is 31.4 Å². The zero-order valence-corrected chi connectivity index (χ0v) is 15.7. The second-order valence-corrected chi connectivity index (χ2v) is 7.56. The number of aliphatic hydroxyl groups excluding tert-OH is 1. The summed E-state index contributed by atoms with van der Waals surface area (Å²) in [4.78, 5) is 6.82. The van der Waals surface area contributed by atoms with E-state index in [1.807, 2.05) is 18.3 Å². The maximum atomic E-state index is 9.33. The van der Waals surface area contributed by atoms with Gasteiger partial charge >= 0.3 is 0 Å². The lowest BCUT2D eigenvalue weighted by Gasteiger charge is -2.30. The smallest absolute Gasteiger partial charge is 0.170 e. The number of hydrogen-bond donors (Lipinski definition) is 2. The van der Waals surface area contributed by atoms with Gasteiger partial charge in [0.2, 0.25) is 0 Å². The van der Waals surface area contributed by atoms with Gasteiger partial charge in [-0.15, -0.1) is 0 Å². The van der Waals surface area contributed by atoms with Gasteiger partial charge in [0, 0.05) is 37.3 Å². The number of pyridine rings is 1. The van der Waals surface area contributed by atoms with E-state index in [0.29, 0.717) is 12.5 Å². The second-order valence-electron chi connectivity index (χ2n) is 7.18. The molecular formula is C20H26N4OS. The topological polar surface area (TPSA) is 53.3 Å². The third-order valence-corrected chi connectivity index (χ3v) is 5.94. The number of thiocarbonyl (C=S) groups is 1. The van der Waals surface area contributed by atoms with Crippen molar-refractivity contribution in [3.63, 3.8) is 0 Å². The van der Waals surface area contributed by atoms with Crippen molar-refractivity contribution in [3.05, 3.63) is 54.1 Å². The third kappa shape index (κ3) is 3.23. The number of aliphatic hydroxyl groups is 1. The summed E-state index contributed by atoms with van der Waals surface area (Å²) >= 11 is 5.66. The quantitative estimate of drug-likeness (QED) is 0.764. The van der Waals surface area contributed by atoms with Crippen LogP contribution in [0.3, 0.4) is 0 Å². The fourth-order valence-electron chi connectivity index (χ4n) is 4.38. The normalized spacial score (nSPS) is 23.6. The maximum Gasteiger partial charge on any atom is 0.170 e. The van der Waals surface area contributed by atoms with Gasteiger partial charge in [0.05, 0.1) is 17.8 Å². The van der Waals surface area contributed by atoms with Gasteiger partial charge in [-0.1, -0.05) is 18.9 Å². The van der Waals surface area contributed by atoms with E-state index in [4.69, 9.17) is 12.2 Å². The molecule has 5 nitrogen and oxygen atoms in total. The number of nitrogens with one attached hydrogen (secondary N) is 1. The molecule has 138 valence electrons. The van der Waals surface area contributed by atoms with E-state index in [-0.39, 0.29) is 18.7 Å². The minimum Gasteiger partial charge on any atom is -0.396 e. The molecule has 1 saturated carbocycles. The summed E-state index contributed by atoms with van der Waals surface area (Å²) in [6, 6.07) is 11.1. The predicted molar refractivity (Wildman–Crippen MR) is 106 cm³/mol. The van der Waals surface area contributed by atoms with Gasteiger partial charge in [-0.2, -0.15) is 0 Å². The zero-order valence-electron chi connectivity index (χ0n) is 14.9. The largest absolute Gasteiger partial charge is 0.396 e. The Balaban J connectivity index is 1.72. The molecule has 0 amide bonds. The first-order valence-corrected chi connectivity index (χ1v) is 9.96. The number of aromatic nitrogens is 2. The van der Waals surface area contributed by atoms with Crippen LogP contribution in [0, 0.1) is 0 Å². The van der Waals surface area contributed by atoms with Crippen LogP contribution in [0.1, 0.15) is 61.6 Å². The SMILES string of the molecule is OCCCN1C(=S)N[C@@H](c2ccccn2)[C@@H]1c1cccn1C1CCCC1. The summed E-state index contributed by atoms with van der Waals surface area (Å²) in [7, 11) is 0. The molecule has 1 aliphatic carbocycles. The summed E-state index contributed by atoms with van der Waals surface area (Å²) in [6.45, 7) is 0.913. The molecule has 6 heteroatoms. The van der Waals surface area contributed by atoms with E-state index >= 15 is 0 Å². The number of nitrogens with zero attached hydrogens (tertiary/aromatic N) is 3. The van der Waals surface area contributed by atoms with Crippen LogP contribution < -0.4 is 5.32 Å². The molecule has 0 spiro atoms. The van der Waals surface area contributed by atoms with Gasteiger partial charge in [0.15, 0.2) is 5.11 Å². The van der Waals surface area contributed by atoms with Crippen molar-refractivity contribution in [2.45, 2.75) is 50.2 Å². The Bertz CT molecular complexity index is 741. The van der Waals surface area contributed by atoms with Crippen LogP contribution in [0.25, 0.3) is 0 Å². The molecule has 1 aliphatic heterocycles. The van der Waals surface area contributed by atoms with Gasteiger partial charge in [-0.25, -0.2) is 0 Å². The summed E-state index contributed by atoms with van der Waals surface area (Å²) in [5.74, 6) is 0. The van der Waals surface area contributed by atoms with Crippen LogP contribution in [0.2, 0.25) is 0 Å². The van der Waals surface area contributed by atoms with Gasteiger partial charge in [0.1, 0.15) is 0 Å².